The Morgan fingerprint density at radius 2 is 2.12 bits per heavy atom. The van der Waals surface area contributed by atoms with E-state index in [9.17, 15) is 0 Å². The molecular weight excluding hydrogens is 336 g/mol. The number of benzene rings is 1. The van der Waals surface area contributed by atoms with E-state index in [2.05, 4.69) is 33.6 Å². The van der Waals surface area contributed by atoms with Crippen molar-refractivity contribution in [3.63, 3.8) is 0 Å². The quantitative estimate of drug-likeness (QED) is 0.561. The molecule has 0 amide bonds. The van der Waals surface area contributed by atoms with Gasteiger partial charge in [0.15, 0.2) is 5.96 Å². The number of aromatic nitrogens is 1. The number of guanidine groups is 1. The lowest BCUT2D eigenvalue weighted by atomic mass is 10.1. The number of aliphatic imine (C=N–C) groups is 1. The average molecular weight is 361 g/mol. The van der Waals surface area contributed by atoms with Crippen LogP contribution in [0.5, 0.6) is 5.75 Å². The molecule has 0 bridgehead atoms. The highest BCUT2D eigenvalue weighted by atomic mass is 35.5. The van der Waals surface area contributed by atoms with Crippen molar-refractivity contribution in [3.8, 4) is 5.75 Å². The molecule has 6 heteroatoms. The van der Waals surface area contributed by atoms with Gasteiger partial charge in [-0.25, -0.2) is 0 Å². The van der Waals surface area contributed by atoms with Crippen molar-refractivity contribution < 1.29 is 4.74 Å². The first kappa shape index (κ1) is 19.1. The maximum Gasteiger partial charge on any atom is 0.191 e. The van der Waals surface area contributed by atoms with Crippen molar-refractivity contribution in [1.29, 1.82) is 0 Å². The predicted octanol–water partition coefficient (Wildman–Crippen LogP) is 3.08. The summed E-state index contributed by atoms with van der Waals surface area (Å²) in [4.78, 5) is 8.74. The number of hydrogen-bond acceptors (Lipinski definition) is 3. The third kappa shape index (κ3) is 6.63. The van der Waals surface area contributed by atoms with Crippen LogP contribution >= 0.6 is 11.6 Å². The van der Waals surface area contributed by atoms with E-state index in [0.717, 1.165) is 43.2 Å². The standard InChI is InChI=1S/C19H25ClN4O/c1-3-22-19(23-11-8-15-5-4-10-21-14-15)24-12-9-16-6-7-17(25-2)13-18(16)20/h4-7,10,13-14H,3,8-9,11-12H2,1-2H3,(H2,22,23,24). The van der Waals surface area contributed by atoms with Gasteiger partial charge in [0.2, 0.25) is 0 Å². The predicted molar refractivity (Wildman–Crippen MR) is 104 cm³/mol. The summed E-state index contributed by atoms with van der Waals surface area (Å²) in [6.45, 7) is 4.34. The lowest BCUT2D eigenvalue weighted by Gasteiger charge is -2.11. The fourth-order valence-corrected chi connectivity index (χ4v) is 2.62. The number of pyridine rings is 1. The Morgan fingerprint density at radius 3 is 2.80 bits per heavy atom. The monoisotopic (exact) mass is 360 g/mol. The number of ether oxygens (including phenoxy) is 1. The molecule has 0 aliphatic carbocycles. The van der Waals surface area contributed by atoms with E-state index in [4.69, 9.17) is 16.3 Å². The van der Waals surface area contributed by atoms with E-state index in [0.29, 0.717) is 11.6 Å². The molecule has 2 rings (SSSR count). The zero-order valence-corrected chi connectivity index (χ0v) is 15.5. The van der Waals surface area contributed by atoms with Gasteiger partial charge in [0.25, 0.3) is 0 Å². The van der Waals surface area contributed by atoms with Crippen molar-refractivity contribution in [2.24, 2.45) is 4.99 Å². The molecular formula is C19H25ClN4O. The first-order valence-electron chi connectivity index (χ1n) is 8.46. The van der Waals surface area contributed by atoms with Crippen LogP contribution in [-0.2, 0) is 12.8 Å². The summed E-state index contributed by atoms with van der Waals surface area (Å²) in [5.74, 6) is 1.58. The highest BCUT2D eigenvalue weighted by Crippen LogP contribution is 2.22. The number of methoxy groups -OCH3 is 1. The summed E-state index contributed by atoms with van der Waals surface area (Å²) in [6.07, 6.45) is 5.36. The van der Waals surface area contributed by atoms with Gasteiger partial charge in [-0.3, -0.25) is 9.98 Å². The fraction of sp³-hybridized carbons (Fsp3) is 0.368. The molecule has 0 aliphatic heterocycles. The summed E-state index contributed by atoms with van der Waals surface area (Å²) >= 11 is 6.27. The molecule has 2 N–H and O–H groups in total. The second-order valence-corrected chi connectivity index (χ2v) is 5.91. The van der Waals surface area contributed by atoms with Crippen molar-refractivity contribution in [2.45, 2.75) is 19.8 Å². The molecule has 2 aromatic rings. The minimum absolute atomic E-state index is 0.661. The second-order valence-electron chi connectivity index (χ2n) is 5.51. The molecule has 0 radical (unpaired) electrons. The Bertz CT molecular complexity index is 676. The highest BCUT2D eigenvalue weighted by molar-refractivity contribution is 6.31. The molecule has 0 spiro atoms. The van der Waals surface area contributed by atoms with Crippen LogP contribution in [0.2, 0.25) is 5.02 Å². The van der Waals surface area contributed by atoms with Crippen molar-refractivity contribution in [1.82, 2.24) is 15.6 Å². The van der Waals surface area contributed by atoms with E-state index in [1.54, 1.807) is 13.3 Å². The van der Waals surface area contributed by atoms with Crippen molar-refractivity contribution in [3.05, 3.63) is 58.9 Å². The molecule has 0 saturated carbocycles. The average Bonchev–Trinajstić information content (AvgIpc) is 2.64. The summed E-state index contributed by atoms with van der Waals surface area (Å²) in [5.41, 5.74) is 2.27. The van der Waals surface area contributed by atoms with Gasteiger partial charge in [0.05, 0.1) is 7.11 Å². The van der Waals surface area contributed by atoms with Crippen LogP contribution in [0.1, 0.15) is 18.1 Å². The number of nitrogens with zero attached hydrogens (tertiary/aromatic N) is 2. The molecule has 0 atom stereocenters. The van der Waals surface area contributed by atoms with Crippen LogP contribution in [0.25, 0.3) is 0 Å². The van der Waals surface area contributed by atoms with Gasteiger partial charge in [-0.2, -0.15) is 0 Å². The van der Waals surface area contributed by atoms with Crippen LogP contribution in [-0.4, -0.2) is 37.7 Å². The molecule has 0 saturated heterocycles. The summed E-state index contributed by atoms with van der Waals surface area (Å²) in [7, 11) is 1.63. The van der Waals surface area contributed by atoms with Crippen LogP contribution < -0.4 is 15.4 Å². The zero-order chi connectivity index (χ0) is 17.9. The van der Waals surface area contributed by atoms with Crippen LogP contribution in [0.15, 0.2) is 47.7 Å². The number of halogens is 1. The van der Waals surface area contributed by atoms with Crippen LogP contribution in [0, 0.1) is 0 Å². The Morgan fingerprint density at radius 1 is 1.24 bits per heavy atom. The summed E-state index contributed by atoms with van der Waals surface area (Å²) in [5, 5.41) is 7.32. The third-order valence-corrected chi connectivity index (χ3v) is 4.04. The fourth-order valence-electron chi connectivity index (χ4n) is 2.36. The SMILES string of the molecule is CCNC(=NCCc1ccc(OC)cc1Cl)NCCc1cccnc1. The van der Waals surface area contributed by atoms with E-state index in [1.807, 2.05) is 30.5 Å². The number of hydrogen-bond donors (Lipinski definition) is 2. The van der Waals surface area contributed by atoms with Gasteiger partial charge in [-0.05, 0) is 49.1 Å². The zero-order valence-electron chi connectivity index (χ0n) is 14.8. The smallest absolute Gasteiger partial charge is 0.191 e. The molecule has 0 aliphatic rings. The van der Waals surface area contributed by atoms with Gasteiger partial charge < -0.3 is 15.4 Å². The minimum atomic E-state index is 0.661. The van der Waals surface area contributed by atoms with E-state index < -0.39 is 0 Å². The first-order valence-corrected chi connectivity index (χ1v) is 8.84. The van der Waals surface area contributed by atoms with E-state index in [-0.39, 0.29) is 0 Å². The highest BCUT2D eigenvalue weighted by Gasteiger charge is 2.03. The van der Waals surface area contributed by atoms with Gasteiger partial charge in [-0.1, -0.05) is 23.7 Å². The first-order chi connectivity index (χ1) is 12.2. The molecule has 25 heavy (non-hydrogen) atoms. The second kappa shape index (κ2) is 10.6. The topological polar surface area (TPSA) is 58.5 Å². The molecule has 134 valence electrons. The van der Waals surface area contributed by atoms with Crippen molar-refractivity contribution >= 4 is 17.6 Å². The van der Waals surface area contributed by atoms with E-state index in [1.165, 1.54) is 5.56 Å². The summed E-state index contributed by atoms with van der Waals surface area (Å²) < 4.78 is 5.17. The minimum Gasteiger partial charge on any atom is -0.497 e. The lowest BCUT2D eigenvalue weighted by Crippen LogP contribution is -2.38. The molecule has 1 aromatic heterocycles. The van der Waals surface area contributed by atoms with Gasteiger partial charge in [-0.15, -0.1) is 0 Å². The molecule has 0 fully saturated rings. The maximum atomic E-state index is 6.27. The molecule has 0 unspecified atom stereocenters. The maximum absolute atomic E-state index is 6.27. The van der Waals surface area contributed by atoms with Gasteiger partial charge in [0.1, 0.15) is 5.75 Å². The Hall–Kier alpha value is -2.27. The Balaban J connectivity index is 1.84. The third-order valence-electron chi connectivity index (χ3n) is 3.68. The van der Waals surface area contributed by atoms with Crippen molar-refractivity contribution in [2.75, 3.05) is 26.7 Å². The van der Waals surface area contributed by atoms with E-state index >= 15 is 0 Å². The molecule has 1 aromatic carbocycles. The van der Waals surface area contributed by atoms with Gasteiger partial charge in [0, 0.05) is 37.1 Å². The largest absolute Gasteiger partial charge is 0.497 e. The van der Waals surface area contributed by atoms with Gasteiger partial charge >= 0.3 is 0 Å². The van der Waals surface area contributed by atoms with Crippen LogP contribution in [0.3, 0.4) is 0 Å². The molecule has 1 heterocycles. The molecule has 5 nitrogen and oxygen atoms in total. The Kier molecular flexibility index (Phi) is 8.05. The van der Waals surface area contributed by atoms with Crippen LogP contribution in [0.4, 0.5) is 0 Å². The number of rotatable bonds is 8. The normalized spacial score (nSPS) is 11.2. The number of nitrogens with one attached hydrogen (secondary N) is 2. The Labute approximate surface area is 154 Å². The summed E-state index contributed by atoms with van der Waals surface area (Å²) in [6, 6.07) is 9.76. The lowest BCUT2D eigenvalue weighted by molar-refractivity contribution is 0.414.